The first kappa shape index (κ1) is 12.9. The maximum Gasteiger partial charge on any atom is 0.229 e. The normalized spacial score (nSPS) is 19.2. The average Bonchev–Trinajstić information content (AvgIpc) is 2.34. The maximum absolute atomic E-state index is 12.0. The van der Waals surface area contributed by atoms with Crippen molar-refractivity contribution in [3.8, 4) is 0 Å². The Morgan fingerprint density at radius 1 is 1.50 bits per heavy atom. The standard InChI is InChI=1S/C13H15ClN2O2/c1-8-2-4-10(14)6-11(8)16-13(18)9-3-5-12(17)15-7-9/h2,4,6,9H,3,5,7H2,1H3,(H,15,17)(H,16,18). The fourth-order valence-corrected chi connectivity index (χ4v) is 2.09. The second-order valence-electron chi connectivity index (χ2n) is 4.49. The molecule has 0 saturated carbocycles. The number of aryl methyl sites for hydroxylation is 1. The van der Waals surface area contributed by atoms with E-state index in [1.54, 1.807) is 12.1 Å². The summed E-state index contributed by atoms with van der Waals surface area (Å²) in [7, 11) is 0. The number of carbonyl (C=O) groups excluding carboxylic acids is 2. The van der Waals surface area contributed by atoms with Gasteiger partial charge in [-0.15, -0.1) is 0 Å². The van der Waals surface area contributed by atoms with Gasteiger partial charge in [0.1, 0.15) is 0 Å². The molecule has 0 radical (unpaired) electrons. The highest BCUT2D eigenvalue weighted by atomic mass is 35.5. The molecule has 1 aromatic rings. The van der Waals surface area contributed by atoms with E-state index in [1.807, 2.05) is 13.0 Å². The van der Waals surface area contributed by atoms with E-state index < -0.39 is 0 Å². The van der Waals surface area contributed by atoms with Crippen LogP contribution in [0, 0.1) is 12.8 Å². The molecule has 1 unspecified atom stereocenters. The molecule has 5 heteroatoms. The summed E-state index contributed by atoms with van der Waals surface area (Å²) in [4.78, 5) is 23.1. The van der Waals surface area contributed by atoms with Gasteiger partial charge in [0.25, 0.3) is 0 Å². The zero-order chi connectivity index (χ0) is 13.1. The fraction of sp³-hybridized carbons (Fsp3) is 0.385. The predicted molar refractivity (Wildman–Crippen MR) is 70.6 cm³/mol. The number of amides is 2. The summed E-state index contributed by atoms with van der Waals surface area (Å²) in [6.45, 7) is 2.32. The van der Waals surface area contributed by atoms with Crippen LogP contribution in [0.2, 0.25) is 5.02 Å². The van der Waals surface area contributed by atoms with Crippen LogP contribution in [0.3, 0.4) is 0 Å². The molecule has 1 aromatic carbocycles. The minimum atomic E-state index is -0.166. The lowest BCUT2D eigenvalue weighted by atomic mass is 9.98. The molecule has 18 heavy (non-hydrogen) atoms. The van der Waals surface area contributed by atoms with Crippen molar-refractivity contribution in [2.45, 2.75) is 19.8 Å². The molecule has 0 aliphatic carbocycles. The van der Waals surface area contributed by atoms with Crippen molar-refractivity contribution in [2.75, 3.05) is 11.9 Å². The van der Waals surface area contributed by atoms with Gasteiger partial charge in [-0.2, -0.15) is 0 Å². The maximum atomic E-state index is 12.0. The third-order valence-electron chi connectivity index (χ3n) is 3.09. The largest absolute Gasteiger partial charge is 0.355 e. The summed E-state index contributed by atoms with van der Waals surface area (Å²) >= 11 is 5.90. The molecule has 96 valence electrons. The van der Waals surface area contributed by atoms with Gasteiger partial charge in [-0.3, -0.25) is 9.59 Å². The van der Waals surface area contributed by atoms with Crippen LogP contribution in [-0.2, 0) is 9.59 Å². The highest BCUT2D eigenvalue weighted by Crippen LogP contribution is 2.21. The molecule has 1 aliphatic heterocycles. The van der Waals surface area contributed by atoms with Gasteiger partial charge in [-0.1, -0.05) is 17.7 Å². The second kappa shape index (κ2) is 5.40. The van der Waals surface area contributed by atoms with E-state index in [-0.39, 0.29) is 17.7 Å². The Labute approximate surface area is 111 Å². The van der Waals surface area contributed by atoms with Gasteiger partial charge in [0.05, 0.1) is 5.92 Å². The molecule has 0 bridgehead atoms. The van der Waals surface area contributed by atoms with Gasteiger partial charge < -0.3 is 10.6 Å². The number of piperidine rings is 1. The Hall–Kier alpha value is -1.55. The first-order valence-electron chi connectivity index (χ1n) is 5.90. The summed E-state index contributed by atoms with van der Waals surface area (Å²) < 4.78 is 0. The van der Waals surface area contributed by atoms with Crippen LogP contribution >= 0.6 is 11.6 Å². The van der Waals surface area contributed by atoms with Crippen molar-refractivity contribution in [1.29, 1.82) is 0 Å². The predicted octanol–water partition coefficient (Wildman–Crippen LogP) is 2.11. The monoisotopic (exact) mass is 266 g/mol. The summed E-state index contributed by atoms with van der Waals surface area (Å²) in [5, 5.41) is 6.15. The molecule has 1 fully saturated rings. The minimum absolute atomic E-state index is 0.0120. The smallest absolute Gasteiger partial charge is 0.229 e. The molecule has 0 aromatic heterocycles. The van der Waals surface area contributed by atoms with E-state index in [1.165, 1.54) is 0 Å². The van der Waals surface area contributed by atoms with Crippen LogP contribution in [0.15, 0.2) is 18.2 Å². The Morgan fingerprint density at radius 2 is 2.28 bits per heavy atom. The summed E-state index contributed by atoms with van der Waals surface area (Å²) in [6.07, 6.45) is 1.00. The summed E-state index contributed by atoms with van der Waals surface area (Å²) in [5.41, 5.74) is 1.69. The number of hydrogen-bond acceptors (Lipinski definition) is 2. The third kappa shape index (κ3) is 3.01. The lowest BCUT2D eigenvalue weighted by molar-refractivity contribution is -0.126. The van der Waals surface area contributed by atoms with Gasteiger partial charge in [0.2, 0.25) is 11.8 Å². The van der Waals surface area contributed by atoms with Crippen molar-refractivity contribution in [3.63, 3.8) is 0 Å². The zero-order valence-corrected chi connectivity index (χ0v) is 10.9. The molecule has 1 atom stereocenters. The first-order valence-corrected chi connectivity index (χ1v) is 6.28. The number of rotatable bonds is 2. The molecule has 0 spiro atoms. The highest BCUT2D eigenvalue weighted by molar-refractivity contribution is 6.31. The number of anilines is 1. The molecular formula is C13H15ClN2O2. The molecule has 2 rings (SSSR count). The molecule has 1 saturated heterocycles. The van der Waals surface area contributed by atoms with E-state index >= 15 is 0 Å². The molecule has 2 N–H and O–H groups in total. The van der Waals surface area contributed by atoms with E-state index in [9.17, 15) is 9.59 Å². The van der Waals surface area contributed by atoms with Crippen LogP contribution in [0.1, 0.15) is 18.4 Å². The molecule has 2 amide bonds. The lowest BCUT2D eigenvalue weighted by Crippen LogP contribution is -2.40. The molecule has 4 nitrogen and oxygen atoms in total. The van der Waals surface area contributed by atoms with Crippen molar-refractivity contribution < 1.29 is 9.59 Å². The number of halogens is 1. The topological polar surface area (TPSA) is 58.2 Å². The minimum Gasteiger partial charge on any atom is -0.355 e. The van der Waals surface area contributed by atoms with Gasteiger partial charge in [-0.05, 0) is 31.0 Å². The van der Waals surface area contributed by atoms with E-state index in [4.69, 9.17) is 11.6 Å². The Kier molecular flexibility index (Phi) is 3.87. The first-order chi connectivity index (χ1) is 8.56. The van der Waals surface area contributed by atoms with Crippen molar-refractivity contribution in [1.82, 2.24) is 5.32 Å². The Morgan fingerprint density at radius 3 is 2.94 bits per heavy atom. The van der Waals surface area contributed by atoms with E-state index in [0.29, 0.717) is 24.4 Å². The number of carbonyl (C=O) groups is 2. The van der Waals surface area contributed by atoms with E-state index in [2.05, 4.69) is 10.6 Å². The molecular weight excluding hydrogens is 252 g/mol. The van der Waals surface area contributed by atoms with Crippen molar-refractivity contribution in [3.05, 3.63) is 28.8 Å². The summed E-state index contributed by atoms with van der Waals surface area (Å²) in [5.74, 6) is -0.223. The van der Waals surface area contributed by atoms with Crippen LogP contribution in [-0.4, -0.2) is 18.4 Å². The van der Waals surface area contributed by atoms with Gasteiger partial charge in [-0.25, -0.2) is 0 Å². The quantitative estimate of drug-likeness (QED) is 0.861. The Balaban J connectivity index is 2.02. The van der Waals surface area contributed by atoms with Gasteiger partial charge >= 0.3 is 0 Å². The Bertz CT molecular complexity index is 478. The van der Waals surface area contributed by atoms with Gasteiger partial charge in [0.15, 0.2) is 0 Å². The lowest BCUT2D eigenvalue weighted by Gasteiger charge is -2.22. The van der Waals surface area contributed by atoms with Gasteiger partial charge in [0, 0.05) is 23.7 Å². The third-order valence-corrected chi connectivity index (χ3v) is 3.33. The summed E-state index contributed by atoms with van der Waals surface area (Å²) in [6, 6.07) is 5.38. The SMILES string of the molecule is Cc1ccc(Cl)cc1NC(=O)C1CCC(=O)NC1. The fourth-order valence-electron chi connectivity index (χ4n) is 1.92. The second-order valence-corrected chi connectivity index (χ2v) is 4.92. The zero-order valence-electron chi connectivity index (χ0n) is 10.1. The highest BCUT2D eigenvalue weighted by Gasteiger charge is 2.24. The van der Waals surface area contributed by atoms with Crippen LogP contribution < -0.4 is 10.6 Å². The van der Waals surface area contributed by atoms with Crippen molar-refractivity contribution >= 4 is 29.1 Å². The number of hydrogen-bond donors (Lipinski definition) is 2. The molecule has 1 heterocycles. The number of benzene rings is 1. The van der Waals surface area contributed by atoms with Crippen molar-refractivity contribution in [2.24, 2.45) is 5.92 Å². The van der Waals surface area contributed by atoms with Crippen LogP contribution in [0.5, 0.6) is 0 Å². The van der Waals surface area contributed by atoms with Crippen LogP contribution in [0.4, 0.5) is 5.69 Å². The molecule has 1 aliphatic rings. The average molecular weight is 267 g/mol. The van der Waals surface area contributed by atoms with Crippen LogP contribution in [0.25, 0.3) is 0 Å². The van der Waals surface area contributed by atoms with E-state index in [0.717, 1.165) is 11.3 Å². The number of nitrogens with one attached hydrogen (secondary N) is 2.